The normalized spacial score (nSPS) is 11.2. The lowest BCUT2D eigenvalue weighted by molar-refractivity contribution is 1.02. The third-order valence-corrected chi connectivity index (χ3v) is 0.894. The van der Waals surface area contributed by atoms with Gasteiger partial charge in [0.15, 0.2) is 0 Å². The van der Waals surface area contributed by atoms with Crippen LogP contribution in [0.25, 0.3) is 0 Å². The van der Waals surface area contributed by atoms with Gasteiger partial charge in [-0.15, -0.1) is 0 Å². The minimum absolute atomic E-state index is 0.827. The average Bonchev–Trinajstić information content (AvgIpc) is 1.89. The van der Waals surface area contributed by atoms with Crippen molar-refractivity contribution in [2.45, 2.75) is 13.3 Å². The molecule has 0 bridgehead atoms. The Hall–Kier alpha value is -0.850. The molecule has 0 N–H and O–H groups in total. The molecule has 50 valence electrons. The molecule has 0 unspecified atom stereocenters. The smallest absolute Gasteiger partial charge is 0.0416 e. The van der Waals surface area contributed by atoms with E-state index in [0.29, 0.717) is 0 Å². The SMILES string of the molecule is C=NCC/C=C\C=C/C. The first-order valence-electron chi connectivity index (χ1n) is 3.12. The predicted molar refractivity (Wildman–Crippen MR) is 43.0 cm³/mol. The van der Waals surface area contributed by atoms with Gasteiger partial charge in [0.25, 0.3) is 0 Å². The van der Waals surface area contributed by atoms with Crippen LogP contribution < -0.4 is 0 Å². The summed E-state index contributed by atoms with van der Waals surface area (Å²) in [5, 5.41) is 0. The van der Waals surface area contributed by atoms with E-state index in [9.17, 15) is 0 Å². The van der Waals surface area contributed by atoms with E-state index in [1.165, 1.54) is 0 Å². The maximum atomic E-state index is 3.71. The van der Waals surface area contributed by atoms with Crippen molar-refractivity contribution in [3.63, 3.8) is 0 Å². The summed E-state index contributed by atoms with van der Waals surface area (Å²) >= 11 is 0. The van der Waals surface area contributed by atoms with E-state index in [-0.39, 0.29) is 0 Å². The fraction of sp³-hybridized carbons (Fsp3) is 0.375. The van der Waals surface area contributed by atoms with Gasteiger partial charge in [-0.2, -0.15) is 0 Å². The molecule has 0 aromatic heterocycles. The predicted octanol–water partition coefficient (Wildman–Crippen LogP) is 2.21. The average molecular weight is 123 g/mol. The van der Waals surface area contributed by atoms with Gasteiger partial charge in [-0.3, -0.25) is 0 Å². The molecule has 9 heavy (non-hydrogen) atoms. The van der Waals surface area contributed by atoms with E-state index in [1.807, 2.05) is 25.2 Å². The largest absolute Gasteiger partial charge is 0.301 e. The van der Waals surface area contributed by atoms with Crippen LogP contribution in [0, 0.1) is 0 Å². The Bertz CT molecular complexity index is 112. The third kappa shape index (κ3) is 7.15. The molecule has 0 aliphatic rings. The van der Waals surface area contributed by atoms with E-state index >= 15 is 0 Å². The van der Waals surface area contributed by atoms with Gasteiger partial charge >= 0.3 is 0 Å². The monoisotopic (exact) mass is 123 g/mol. The van der Waals surface area contributed by atoms with Gasteiger partial charge in [0.05, 0.1) is 0 Å². The van der Waals surface area contributed by atoms with Crippen LogP contribution in [0.5, 0.6) is 0 Å². The summed E-state index contributed by atoms with van der Waals surface area (Å²) in [6.45, 7) is 6.20. The molecule has 0 aromatic carbocycles. The Morgan fingerprint density at radius 3 is 2.78 bits per heavy atom. The number of rotatable bonds is 4. The number of nitrogens with zero attached hydrogens (tertiary/aromatic N) is 1. The first-order chi connectivity index (χ1) is 4.41. The molecule has 1 heteroatoms. The van der Waals surface area contributed by atoms with Gasteiger partial charge in [-0.1, -0.05) is 24.3 Å². The van der Waals surface area contributed by atoms with Crippen molar-refractivity contribution >= 4 is 6.72 Å². The van der Waals surface area contributed by atoms with Crippen LogP contribution in [-0.4, -0.2) is 13.3 Å². The molecule has 0 atom stereocenters. The molecule has 0 radical (unpaired) electrons. The summed E-state index contributed by atoms with van der Waals surface area (Å²) in [6, 6.07) is 0. The van der Waals surface area contributed by atoms with E-state index < -0.39 is 0 Å². The molecule has 0 saturated heterocycles. The Balaban J connectivity index is 3.14. The van der Waals surface area contributed by atoms with Gasteiger partial charge in [-0.05, 0) is 20.1 Å². The number of hydrogen-bond donors (Lipinski definition) is 0. The number of hydrogen-bond acceptors (Lipinski definition) is 1. The first kappa shape index (κ1) is 8.15. The minimum atomic E-state index is 0.827. The molecule has 0 amide bonds. The molecule has 1 nitrogen and oxygen atoms in total. The standard InChI is InChI=1S/C8H13N/c1-3-4-5-6-7-8-9-2/h3-6H,2,7-8H2,1H3/b4-3-,6-5-. The summed E-state index contributed by atoms with van der Waals surface area (Å²) in [5.41, 5.74) is 0. The quantitative estimate of drug-likeness (QED) is 0.309. The summed E-state index contributed by atoms with van der Waals surface area (Å²) in [7, 11) is 0. The second-order valence-electron chi connectivity index (χ2n) is 1.69. The fourth-order valence-electron chi connectivity index (χ4n) is 0.452. The van der Waals surface area contributed by atoms with Crippen molar-refractivity contribution in [3.8, 4) is 0 Å². The summed E-state index contributed by atoms with van der Waals surface area (Å²) in [4.78, 5) is 3.71. The Morgan fingerprint density at radius 1 is 1.44 bits per heavy atom. The second-order valence-corrected chi connectivity index (χ2v) is 1.69. The maximum Gasteiger partial charge on any atom is 0.0416 e. The highest BCUT2D eigenvalue weighted by Crippen LogP contribution is 1.83. The van der Waals surface area contributed by atoms with Crippen molar-refractivity contribution in [1.82, 2.24) is 0 Å². The molecule has 0 saturated carbocycles. The lowest BCUT2D eigenvalue weighted by Crippen LogP contribution is -1.71. The van der Waals surface area contributed by atoms with Crippen LogP contribution in [0.1, 0.15) is 13.3 Å². The molecular weight excluding hydrogens is 110 g/mol. The van der Waals surface area contributed by atoms with Crippen molar-refractivity contribution in [2.24, 2.45) is 4.99 Å². The highest BCUT2D eigenvalue weighted by atomic mass is 14.7. The van der Waals surface area contributed by atoms with Gasteiger partial charge < -0.3 is 4.99 Å². The summed E-state index contributed by atoms with van der Waals surface area (Å²) in [6.07, 6.45) is 9.09. The second kappa shape index (κ2) is 7.15. The van der Waals surface area contributed by atoms with Crippen LogP contribution >= 0.6 is 0 Å². The van der Waals surface area contributed by atoms with E-state index in [2.05, 4.69) is 17.8 Å². The van der Waals surface area contributed by atoms with Crippen LogP contribution in [0.2, 0.25) is 0 Å². The third-order valence-electron chi connectivity index (χ3n) is 0.894. The van der Waals surface area contributed by atoms with Crippen LogP contribution in [0.15, 0.2) is 29.3 Å². The molecular formula is C8H13N. The topological polar surface area (TPSA) is 12.4 Å². The zero-order valence-corrected chi connectivity index (χ0v) is 5.88. The molecule has 0 heterocycles. The maximum absolute atomic E-state index is 3.71. The van der Waals surface area contributed by atoms with Crippen molar-refractivity contribution < 1.29 is 0 Å². The highest BCUT2D eigenvalue weighted by molar-refractivity contribution is 5.23. The van der Waals surface area contributed by atoms with Crippen LogP contribution in [-0.2, 0) is 0 Å². The van der Waals surface area contributed by atoms with Crippen LogP contribution in [0.4, 0.5) is 0 Å². The van der Waals surface area contributed by atoms with E-state index in [1.54, 1.807) is 0 Å². The Kier molecular flexibility index (Phi) is 6.47. The molecule has 0 fully saturated rings. The molecule has 0 aliphatic carbocycles. The first-order valence-corrected chi connectivity index (χ1v) is 3.12. The fourth-order valence-corrected chi connectivity index (χ4v) is 0.452. The van der Waals surface area contributed by atoms with Crippen LogP contribution in [0.3, 0.4) is 0 Å². The van der Waals surface area contributed by atoms with Gasteiger partial charge in [0, 0.05) is 6.54 Å². The molecule has 0 spiro atoms. The van der Waals surface area contributed by atoms with Gasteiger partial charge in [0.1, 0.15) is 0 Å². The summed E-state index contributed by atoms with van der Waals surface area (Å²) in [5.74, 6) is 0. The van der Waals surface area contributed by atoms with Crippen molar-refractivity contribution in [3.05, 3.63) is 24.3 Å². The zero-order chi connectivity index (χ0) is 6.95. The minimum Gasteiger partial charge on any atom is -0.301 e. The van der Waals surface area contributed by atoms with Crippen molar-refractivity contribution in [2.75, 3.05) is 6.54 Å². The molecule has 0 rings (SSSR count). The van der Waals surface area contributed by atoms with Gasteiger partial charge in [-0.25, -0.2) is 0 Å². The number of aliphatic imine (C=N–C) groups is 1. The molecule has 0 aliphatic heterocycles. The van der Waals surface area contributed by atoms with E-state index in [4.69, 9.17) is 0 Å². The van der Waals surface area contributed by atoms with Crippen molar-refractivity contribution in [1.29, 1.82) is 0 Å². The Morgan fingerprint density at radius 2 is 2.22 bits per heavy atom. The van der Waals surface area contributed by atoms with E-state index in [0.717, 1.165) is 13.0 Å². The Labute approximate surface area is 56.8 Å². The summed E-state index contributed by atoms with van der Waals surface area (Å²) < 4.78 is 0. The highest BCUT2D eigenvalue weighted by Gasteiger charge is 1.70. The zero-order valence-electron chi connectivity index (χ0n) is 5.88. The molecule has 0 aromatic rings. The lowest BCUT2D eigenvalue weighted by atomic mass is 10.3. The number of allylic oxidation sites excluding steroid dienone is 3. The lowest BCUT2D eigenvalue weighted by Gasteiger charge is -1.81. The van der Waals surface area contributed by atoms with Gasteiger partial charge in [0.2, 0.25) is 0 Å².